The number of carbonyl (C=O) groups excluding carboxylic acids is 1. The summed E-state index contributed by atoms with van der Waals surface area (Å²) in [7, 11) is 1.71. The van der Waals surface area contributed by atoms with Crippen LogP contribution in [-0.2, 0) is 19.9 Å². The molecule has 1 atom stereocenters. The van der Waals surface area contributed by atoms with Crippen LogP contribution in [0.5, 0.6) is 0 Å². The number of nitrogens with zero attached hydrogens (tertiary/aromatic N) is 4. The van der Waals surface area contributed by atoms with E-state index in [1.807, 2.05) is 29.4 Å². The summed E-state index contributed by atoms with van der Waals surface area (Å²) in [5.74, 6) is -1.89. The molecule has 12 heteroatoms. The molecule has 1 saturated heterocycles. The minimum atomic E-state index is -5.08. The van der Waals surface area contributed by atoms with Crippen molar-refractivity contribution in [3.05, 3.63) is 42.4 Å². The highest BCUT2D eigenvalue weighted by Gasteiger charge is 2.52. The highest BCUT2D eigenvalue weighted by molar-refractivity contribution is 5.81. The number of pyridine rings is 1. The van der Waals surface area contributed by atoms with Crippen molar-refractivity contribution in [3.63, 3.8) is 0 Å². The van der Waals surface area contributed by atoms with E-state index in [1.54, 1.807) is 7.11 Å². The Bertz CT molecular complexity index is 1090. The van der Waals surface area contributed by atoms with Crippen molar-refractivity contribution in [2.24, 2.45) is 5.92 Å². The van der Waals surface area contributed by atoms with Crippen LogP contribution in [0.25, 0.3) is 5.82 Å². The third-order valence-corrected chi connectivity index (χ3v) is 6.78. The zero-order valence-corrected chi connectivity index (χ0v) is 19.0. The monoisotopic (exact) mass is 498 g/mol. The van der Waals surface area contributed by atoms with Gasteiger partial charge in [0.25, 0.3) is 0 Å². The lowest BCUT2D eigenvalue weighted by Gasteiger charge is -2.47. The molecule has 35 heavy (non-hydrogen) atoms. The summed E-state index contributed by atoms with van der Waals surface area (Å²) in [5.41, 5.74) is 1.90. The number of halogens is 4. The lowest BCUT2D eigenvalue weighted by molar-refractivity contribution is -0.192. The summed E-state index contributed by atoms with van der Waals surface area (Å²) in [6.07, 6.45) is -0.456. The van der Waals surface area contributed by atoms with Crippen molar-refractivity contribution < 1.29 is 37.0 Å². The van der Waals surface area contributed by atoms with Gasteiger partial charge in [0.2, 0.25) is 5.91 Å². The van der Waals surface area contributed by atoms with Crippen LogP contribution in [0.2, 0.25) is 0 Å². The van der Waals surface area contributed by atoms with Crippen LogP contribution >= 0.6 is 0 Å². The third kappa shape index (κ3) is 4.58. The van der Waals surface area contributed by atoms with Gasteiger partial charge in [-0.3, -0.25) is 4.79 Å². The Balaban J connectivity index is 0.000000364. The van der Waals surface area contributed by atoms with Crippen LogP contribution < -0.4 is 4.90 Å². The quantitative estimate of drug-likeness (QED) is 0.652. The smallest absolute Gasteiger partial charge is 0.475 e. The van der Waals surface area contributed by atoms with Crippen molar-refractivity contribution >= 4 is 17.6 Å². The number of hydrogen-bond donors (Lipinski definition) is 1. The Labute approximate surface area is 199 Å². The van der Waals surface area contributed by atoms with Crippen LogP contribution in [-0.4, -0.2) is 77.1 Å². The molecule has 4 heterocycles. The fourth-order valence-electron chi connectivity index (χ4n) is 5.04. The first-order chi connectivity index (χ1) is 16.6. The number of ether oxygens (including phenoxy) is 1. The molecular formula is C23H26F4N4O4. The molecule has 1 saturated carbocycles. The molecule has 1 aliphatic carbocycles. The van der Waals surface area contributed by atoms with E-state index in [0.29, 0.717) is 32.5 Å². The lowest BCUT2D eigenvalue weighted by Crippen LogP contribution is -2.54. The number of rotatable bonds is 4. The van der Waals surface area contributed by atoms with E-state index < -0.39 is 18.3 Å². The number of methoxy groups -OCH3 is 1. The number of carboxylic acid groups (broad SMARTS) is 1. The molecule has 2 aliphatic heterocycles. The summed E-state index contributed by atoms with van der Waals surface area (Å²) in [6, 6.07) is 8.22. The zero-order chi connectivity index (χ0) is 25.4. The molecular weight excluding hydrogens is 472 g/mol. The molecule has 3 aliphatic rings. The van der Waals surface area contributed by atoms with Crippen LogP contribution in [0.3, 0.4) is 0 Å². The Morgan fingerprint density at radius 3 is 2.60 bits per heavy atom. The molecule has 0 radical (unpaired) electrons. The molecule has 2 fully saturated rings. The molecule has 2 aromatic heterocycles. The first-order valence-electron chi connectivity index (χ1n) is 11.2. The topological polar surface area (TPSA) is 87.9 Å². The van der Waals surface area contributed by atoms with Gasteiger partial charge in [-0.1, -0.05) is 0 Å². The summed E-state index contributed by atoms with van der Waals surface area (Å²) < 4.78 is 52.6. The van der Waals surface area contributed by atoms with Crippen molar-refractivity contribution in [2.45, 2.75) is 37.1 Å². The number of carboxylic acids is 1. The van der Waals surface area contributed by atoms with Gasteiger partial charge in [0.15, 0.2) is 5.82 Å². The number of aliphatic carboxylic acids is 1. The Kier molecular flexibility index (Phi) is 6.76. The number of carbonyl (C=O) groups is 2. The summed E-state index contributed by atoms with van der Waals surface area (Å²) in [6.45, 7) is 2.62. The molecule has 1 spiro atoms. The van der Waals surface area contributed by atoms with Gasteiger partial charge in [-0.15, -0.1) is 0 Å². The van der Waals surface area contributed by atoms with Gasteiger partial charge in [0, 0.05) is 45.1 Å². The van der Waals surface area contributed by atoms with E-state index in [0.717, 1.165) is 30.2 Å². The van der Waals surface area contributed by atoms with E-state index in [4.69, 9.17) is 14.6 Å². The minimum absolute atomic E-state index is 0.104. The Hall–Kier alpha value is -3.15. The van der Waals surface area contributed by atoms with Gasteiger partial charge in [0.05, 0.1) is 18.0 Å². The first kappa shape index (κ1) is 25.0. The second kappa shape index (κ2) is 9.48. The highest BCUT2D eigenvalue weighted by Crippen LogP contribution is 2.47. The average Bonchev–Trinajstić information content (AvgIpc) is 3.45. The maximum atomic E-state index is 13.3. The minimum Gasteiger partial charge on any atom is -0.475 e. The predicted octanol–water partition coefficient (Wildman–Crippen LogP) is 3.15. The predicted molar refractivity (Wildman–Crippen MR) is 117 cm³/mol. The third-order valence-electron chi connectivity index (χ3n) is 6.78. The lowest BCUT2D eigenvalue weighted by atomic mass is 9.82. The van der Waals surface area contributed by atoms with Crippen LogP contribution in [0.4, 0.5) is 23.2 Å². The number of anilines is 1. The number of aromatic nitrogens is 2. The molecule has 8 nitrogen and oxygen atoms in total. The van der Waals surface area contributed by atoms with Gasteiger partial charge in [-0.05, 0) is 43.5 Å². The molecule has 2 aromatic rings. The Morgan fingerprint density at radius 2 is 1.97 bits per heavy atom. The van der Waals surface area contributed by atoms with Crippen molar-refractivity contribution in [1.82, 2.24) is 14.5 Å². The second-order valence-corrected chi connectivity index (χ2v) is 8.86. The van der Waals surface area contributed by atoms with Crippen molar-refractivity contribution in [3.8, 4) is 5.82 Å². The fourth-order valence-corrected chi connectivity index (χ4v) is 5.04. The average molecular weight is 498 g/mol. The molecule has 1 N–H and O–H groups in total. The van der Waals surface area contributed by atoms with E-state index in [9.17, 15) is 22.4 Å². The molecule has 0 aromatic carbocycles. The SMILES string of the molecule is COCCN1c2cccnc2-n2cccc2C12CCN(C(=O)C1CC(F)C1)C2.O=C(O)C(F)(F)F. The van der Waals surface area contributed by atoms with Crippen molar-refractivity contribution in [1.29, 1.82) is 0 Å². The van der Waals surface area contributed by atoms with Crippen LogP contribution in [0, 0.1) is 5.92 Å². The highest BCUT2D eigenvalue weighted by atomic mass is 19.4. The Morgan fingerprint density at radius 1 is 1.26 bits per heavy atom. The molecule has 5 rings (SSSR count). The number of fused-ring (bicyclic) bond motifs is 4. The van der Waals surface area contributed by atoms with E-state index in [-0.39, 0.29) is 17.4 Å². The second-order valence-electron chi connectivity index (χ2n) is 8.86. The molecule has 0 bridgehead atoms. The van der Waals surface area contributed by atoms with Crippen molar-refractivity contribution in [2.75, 3.05) is 38.3 Å². The first-order valence-corrected chi connectivity index (χ1v) is 11.2. The summed E-state index contributed by atoms with van der Waals surface area (Å²) in [5, 5.41) is 7.12. The zero-order valence-electron chi connectivity index (χ0n) is 19.0. The number of alkyl halides is 4. The normalized spacial score (nSPS) is 24.8. The standard InChI is InChI=1S/C21H25FN4O2.C2HF3O2/c1-28-11-10-26-17-4-2-7-23-19(17)25-8-3-5-18(25)21(26)6-9-24(14-21)20(27)15-12-16(22)13-15;3-2(4,5)1(6)7/h2-5,7-8,15-16H,6,9-14H2,1H3;(H,6,7). The summed E-state index contributed by atoms with van der Waals surface area (Å²) in [4.78, 5) is 30.7. The van der Waals surface area contributed by atoms with E-state index in [2.05, 4.69) is 26.6 Å². The largest absolute Gasteiger partial charge is 0.490 e. The fraction of sp³-hybridized carbons (Fsp3) is 0.522. The van der Waals surface area contributed by atoms with E-state index >= 15 is 0 Å². The molecule has 1 amide bonds. The van der Waals surface area contributed by atoms with Gasteiger partial charge >= 0.3 is 12.1 Å². The number of hydrogen-bond acceptors (Lipinski definition) is 5. The van der Waals surface area contributed by atoms with Gasteiger partial charge in [0.1, 0.15) is 11.7 Å². The van der Waals surface area contributed by atoms with Gasteiger partial charge < -0.3 is 24.2 Å². The van der Waals surface area contributed by atoms with Crippen LogP contribution in [0.15, 0.2) is 36.7 Å². The molecule has 190 valence electrons. The maximum Gasteiger partial charge on any atom is 0.490 e. The van der Waals surface area contributed by atoms with Gasteiger partial charge in [-0.25, -0.2) is 14.2 Å². The van der Waals surface area contributed by atoms with Gasteiger partial charge in [-0.2, -0.15) is 13.2 Å². The number of likely N-dealkylation sites (tertiary alicyclic amines) is 1. The number of amides is 1. The maximum absolute atomic E-state index is 13.3. The molecule has 1 unspecified atom stereocenters. The summed E-state index contributed by atoms with van der Waals surface area (Å²) >= 11 is 0. The van der Waals surface area contributed by atoms with E-state index in [1.165, 1.54) is 0 Å². The van der Waals surface area contributed by atoms with Crippen LogP contribution in [0.1, 0.15) is 25.0 Å².